The second kappa shape index (κ2) is 8.00. The molecule has 8 nitrogen and oxygen atoms in total. The number of nitrogens with one attached hydrogen (secondary N) is 1. The minimum Gasteiger partial charge on any atom is -0.444 e. The monoisotopic (exact) mass is 461 g/mol. The predicted octanol–water partition coefficient (Wildman–Crippen LogP) is 2.25. The van der Waals surface area contributed by atoms with Crippen LogP contribution in [0.25, 0.3) is 0 Å². The molecule has 1 N–H and O–H groups in total. The number of halogens is 1. The van der Waals surface area contributed by atoms with E-state index in [9.17, 15) is 14.4 Å². The second-order valence-electron chi connectivity index (χ2n) is 7.05. The number of furan rings is 1. The van der Waals surface area contributed by atoms with E-state index in [-0.39, 0.29) is 42.6 Å². The van der Waals surface area contributed by atoms with Crippen molar-refractivity contribution in [2.24, 2.45) is 0 Å². The van der Waals surface area contributed by atoms with Crippen LogP contribution in [0.1, 0.15) is 22.5 Å². The zero-order valence-corrected chi connectivity index (χ0v) is 17.4. The normalized spacial score (nSPS) is 19.7. The highest BCUT2D eigenvalue weighted by Gasteiger charge is 2.33. The highest BCUT2D eigenvalue weighted by molar-refractivity contribution is 9.10. The van der Waals surface area contributed by atoms with Gasteiger partial charge in [0.1, 0.15) is 6.61 Å². The van der Waals surface area contributed by atoms with Crippen LogP contribution in [0.4, 0.5) is 11.4 Å². The van der Waals surface area contributed by atoms with Crippen LogP contribution in [0.3, 0.4) is 0 Å². The minimum absolute atomic E-state index is 0.0643. The summed E-state index contributed by atoms with van der Waals surface area (Å²) in [7, 11) is 0. The lowest BCUT2D eigenvalue weighted by Gasteiger charge is -2.29. The van der Waals surface area contributed by atoms with Crippen molar-refractivity contribution < 1.29 is 23.5 Å². The fourth-order valence-corrected chi connectivity index (χ4v) is 3.94. The topological polar surface area (TPSA) is 92.1 Å². The predicted molar refractivity (Wildman–Crippen MR) is 109 cm³/mol. The summed E-state index contributed by atoms with van der Waals surface area (Å²) in [6, 6.07) is 8.49. The van der Waals surface area contributed by atoms with Gasteiger partial charge >= 0.3 is 0 Å². The van der Waals surface area contributed by atoms with Gasteiger partial charge in [-0.1, -0.05) is 0 Å². The van der Waals surface area contributed by atoms with Crippen LogP contribution in [-0.2, 0) is 14.3 Å². The Kier molecular flexibility index (Phi) is 5.42. The molecule has 2 aliphatic rings. The van der Waals surface area contributed by atoms with Crippen LogP contribution in [0.5, 0.6) is 0 Å². The molecule has 3 amide bonds. The molecule has 0 unspecified atom stereocenters. The van der Waals surface area contributed by atoms with Crippen molar-refractivity contribution in [1.29, 1.82) is 0 Å². The molecular formula is C20H20BrN3O5. The Hall–Kier alpha value is -2.65. The Morgan fingerprint density at radius 3 is 2.69 bits per heavy atom. The largest absolute Gasteiger partial charge is 0.444 e. The first-order valence-corrected chi connectivity index (χ1v) is 10.1. The molecule has 4 rings (SSSR count). The zero-order valence-electron chi connectivity index (χ0n) is 15.8. The lowest BCUT2D eigenvalue weighted by atomic mass is 10.1. The summed E-state index contributed by atoms with van der Waals surface area (Å²) in [6.45, 7) is 3.39. The summed E-state index contributed by atoms with van der Waals surface area (Å²) < 4.78 is 10.9. The van der Waals surface area contributed by atoms with Crippen LogP contribution in [0.2, 0.25) is 0 Å². The van der Waals surface area contributed by atoms with Crippen molar-refractivity contribution in [3.8, 4) is 0 Å². The summed E-state index contributed by atoms with van der Waals surface area (Å²) in [5.74, 6) is -0.298. The Morgan fingerprint density at radius 1 is 1.17 bits per heavy atom. The molecule has 2 aliphatic heterocycles. The van der Waals surface area contributed by atoms with Crippen molar-refractivity contribution >= 4 is 45.0 Å². The molecule has 2 fully saturated rings. The lowest BCUT2D eigenvalue weighted by molar-refractivity contribution is -0.125. The number of anilines is 2. The van der Waals surface area contributed by atoms with Gasteiger partial charge < -0.3 is 24.3 Å². The van der Waals surface area contributed by atoms with Crippen molar-refractivity contribution in [2.75, 3.05) is 36.1 Å². The molecule has 9 heteroatoms. The minimum atomic E-state index is -0.354. The summed E-state index contributed by atoms with van der Waals surface area (Å²) in [5, 5.41) is 2.84. The molecule has 29 heavy (non-hydrogen) atoms. The molecule has 0 aliphatic carbocycles. The van der Waals surface area contributed by atoms with E-state index in [1.165, 1.54) is 0 Å². The lowest BCUT2D eigenvalue weighted by Crippen LogP contribution is -2.42. The number of morpholine rings is 1. The number of carbonyl (C=O) groups is 3. The van der Waals surface area contributed by atoms with Gasteiger partial charge in [-0.25, -0.2) is 0 Å². The molecule has 2 saturated heterocycles. The average molecular weight is 462 g/mol. The second-order valence-corrected chi connectivity index (χ2v) is 7.83. The quantitative estimate of drug-likeness (QED) is 0.753. The molecule has 3 heterocycles. The number of carbonyl (C=O) groups excluding carboxylic acids is 3. The first-order valence-electron chi connectivity index (χ1n) is 9.27. The number of benzene rings is 1. The third kappa shape index (κ3) is 4.06. The van der Waals surface area contributed by atoms with Crippen LogP contribution < -0.4 is 15.1 Å². The summed E-state index contributed by atoms with van der Waals surface area (Å²) in [4.78, 5) is 40.2. The SMILES string of the molecule is Cc1cc(N2C[C@H](NC(=O)c3ccc(Br)o3)CC2=O)ccc1N1CCOCC1=O. The van der Waals surface area contributed by atoms with E-state index in [1.54, 1.807) is 21.9 Å². The smallest absolute Gasteiger partial charge is 0.287 e. The number of amides is 3. The van der Waals surface area contributed by atoms with E-state index < -0.39 is 0 Å². The van der Waals surface area contributed by atoms with Gasteiger partial charge in [0, 0.05) is 30.9 Å². The fraction of sp³-hybridized carbons (Fsp3) is 0.350. The molecule has 0 bridgehead atoms. The Labute approximate surface area is 175 Å². The van der Waals surface area contributed by atoms with E-state index >= 15 is 0 Å². The zero-order chi connectivity index (χ0) is 20.5. The molecule has 1 aromatic heterocycles. The molecular weight excluding hydrogens is 442 g/mol. The molecule has 1 atom stereocenters. The summed E-state index contributed by atoms with van der Waals surface area (Å²) in [6.07, 6.45) is 0.219. The van der Waals surface area contributed by atoms with E-state index in [1.807, 2.05) is 25.1 Å². The number of nitrogens with zero attached hydrogens (tertiary/aromatic N) is 2. The van der Waals surface area contributed by atoms with Crippen LogP contribution in [-0.4, -0.2) is 50.1 Å². The van der Waals surface area contributed by atoms with Gasteiger partial charge in [-0.05, 0) is 58.7 Å². The number of hydrogen-bond acceptors (Lipinski definition) is 5. The van der Waals surface area contributed by atoms with Crippen molar-refractivity contribution in [1.82, 2.24) is 5.32 Å². The third-order valence-electron chi connectivity index (χ3n) is 5.03. The number of hydrogen-bond donors (Lipinski definition) is 1. The van der Waals surface area contributed by atoms with Gasteiger partial charge in [0.25, 0.3) is 11.8 Å². The molecule has 2 aromatic rings. The van der Waals surface area contributed by atoms with Gasteiger partial charge in [-0.15, -0.1) is 0 Å². The molecule has 0 saturated carbocycles. The first-order chi connectivity index (χ1) is 13.9. The van der Waals surface area contributed by atoms with Gasteiger partial charge in [-0.3, -0.25) is 14.4 Å². The number of ether oxygens (including phenoxy) is 1. The van der Waals surface area contributed by atoms with Gasteiger partial charge in [0.15, 0.2) is 10.4 Å². The fourth-order valence-electron chi connectivity index (χ4n) is 3.63. The number of rotatable bonds is 4. The van der Waals surface area contributed by atoms with Crippen molar-refractivity contribution in [3.63, 3.8) is 0 Å². The third-order valence-corrected chi connectivity index (χ3v) is 5.45. The van der Waals surface area contributed by atoms with E-state index in [0.717, 1.165) is 16.9 Å². The van der Waals surface area contributed by atoms with Gasteiger partial charge in [0.2, 0.25) is 5.91 Å². The summed E-state index contributed by atoms with van der Waals surface area (Å²) >= 11 is 3.17. The molecule has 1 aromatic carbocycles. The Morgan fingerprint density at radius 2 is 2.00 bits per heavy atom. The van der Waals surface area contributed by atoms with Crippen molar-refractivity contribution in [2.45, 2.75) is 19.4 Å². The highest BCUT2D eigenvalue weighted by atomic mass is 79.9. The molecule has 0 spiro atoms. The maximum absolute atomic E-state index is 12.5. The van der Waals surface area contributed by atoms with E-state index in [4.69, 9.17) is 9.15 Å². The van der Waals surface area contributed by atoms with Crippen molar-refractivity contribution in [3.05, 3.63) is 46.3 Å². The standard InChI is InChI=1S/C20H20BrN3O5/c1-12-8-14(2-3-15(12)23-6-7-28-11-19(23)26)24-10-13(9-18(24)25)22-20(27)16-4-5-17(21)29-16/h2-5,8,13H,6-7,9-11H2,1H3,(H,22,27)/t13-/m1/s1. The summed E-state index contributed by atoms with van der Waals surface area (Å²) in [5.41, 5.74) is 2.47. The molecule has 152 valence electrons. The van der Waals surface area contributed by atoms with Crippen LogP contribution in [0, 0.1) is 6.92 Å². The maximum atomic E-state index is 12.5. The average Bonchev–Trinajstić information content (AvgIpc) is 3.28. The first kappa shape index (κ1) is 19.7. The Balaban J connectivity index is 1.46. The van der Waals surface area contributed by atoms with Gasteiger partial charge in [-0.2, -0.15) is 0 Å². The number of aryl methyl sites for hydroxylation is 1. The molecule has 0 radical (unpaired) electrons. The van der Waals surface area contributed by atoms with E-state index in [2.05, 4.69) is 21.2 Å². The maximum Gasteiger partial charge on any atom is 0.287 e. The highest BCUT2D eigenvalue weighted by Crippen LogP contribution is 2.29. The van der Waals surface area contributed by atoms with Gasteiger partial charge in [0.05, 0.1) is 12.6 Å². The van der Waals surface area contributed by atoms with Crippen LogP contribution >= 0.6 is 15.9 Å². The van der Waals surface area contributed by atoms with Crippen LogP contribution in [0.15, 0.2) is 39.4 Å². The Bertz CT molecular complexity index is 973. The van der Waals surface area contributed by atoms with E-state index in [0.29, 0.717) is 24.4 Å².